The number of ketones is 1. The number of nitrogens with zero attached hydrogens (tertiary/aromatic N) is 1. The Kier molecular flexibility index (Phi) is 5.07. The third-order valence-corrected chi connectivity index (χ3v) is 5.54. The summed E-state index contributed by atoms with van der Waals surface area (Å²) >= 11 is 0. The van der Waals surface area contributed by atoms with E-state index in [-0.39, 0.29) is 29.7 Å². The zero-order valence-electron chi connectivity index (χ0n) is 15.9. The third kappa shape index (κ3) is 3.36. The average molecular weight is 369 g/mol. The van der Waals surface area contributed by atoms with Crippen LogP contribution in [0.3, 0.4) is 0 Å². The summed E-state index contributed by atoms with van der Waals surface area (Å²) in [7, 11) is 0. The van der Waals surface area contributed by atoms with E-state index in [0.717, 1.165) is 16.7 Å². The molecule has 1 fully saturated rings. The highest BCUT2D eigenvalue weighted by Gasteiger charge is 2.45. The number of hydrogen-bond acceptors (Lipinski definition) is 2. The van der Waals surface area contributed by atoms with Crippen molar-refractivity contribution in [3.05, 3.63) is 108 Å². The standard InChI is InChI=1S/C25H23NO2/c1-18(27)26-22(19-11-5-2-6-12-19)17-23(28)24(20-13-7-3-8-14-20)25(26)21-15-9-4-10-16-21/h2-16,22,24-25H,17H2,1H3/t22-,24+,25-/m0/s1. The summed E-state index contributed by atoms with van der Waals surface area (Å²) < 4.78 is 0. The fraction of sp³-hybridized carbons (Fsp3) is 0.200. The fourth-order valence-corrected chi connectivity index (χ4v) is 4.35. The van der Waals surface area contributed by atoms with Gasteiger partial charge in [0.15, 0.2) is 0 Å². The molecule has 1 saturated heterocycles. The largest absolute Gasteiger partial charge is 0.327 e. The number of carbonyl (C=O) groups is 2. The molecule has 3 heteroatoms. The SMILES string of the molecule is CC(=O)N1[C@H](c2ccccc2)CC(=O)[C@@H](c2ccccc2)[C@@H]1c1ccccc1. The first-order valence-electron chi connectivity index (χ1n) is 9.63. The molecular weight excluding hydrogens is 346 g/mol. The van der Waals surface area contributed by atoms with Crippen LogP contribution in [0.1, 0.15) is 48.0 Å². The molecular formula is C25H23NO2. The van der Waals surface area contributed by atoms with Crippen LogP contribution >= 0.6 is 0 Å². The van der Waals surface area contributed by atoms with Crippen molar-refractivity contribution in [3.8, 4) is 0 Å². The lowest BCUT2D eigenvalue weighted by Gasteiger charge is -2.46. The molecule has 1 heterocycles. The van der Waals surface area contributed by atoms with Gasteiger partial charge in [0.25, 0.3) is 0 Å². The molecule has 0 N–H and O–H groups in total. The molecule has 1 amide bonds. The lowest BCUT2D eigenvalue weighted by Crippen LogP contribution is -2.46. The number of carbonyl (C=O) groups excluding carboxylic acids is 2. The van der Waals surface area contributed by atoms with Gasteiger partial charge in [-0.2, -0.15) is 0 Å². The first-order valence-corrected chi connectivity index (χ1v) is 9.63. The summed E-state index contributed by atoms with van der Waals surface area (Å²) in [6.45, 7) is 1.60. The minimum Gasteiger partial charge on any atom is -0.327 e. The van der Waals surface area contributed by atoms with Crippen LogP contribution in [-0.4, -0.2) is 16.6 Å². The summed E-state index contributed by atoms with van der Waals surface area (Å²) in [5.74, 6) is -0.213. The molecule has 140 valence electrons. The maximum atomic E-state index is 13.4. The maximum absolute atomic E-state index is 13.4. The van der Waals surface area contributed by atoms with Crippen LogP contribution in [0.2, 0.25) is 0 Å². The van der Waals surface area contributed by atoms with Gasteiger partial charge in [-0.05, 0) is 16.7 Å². The van der Waals surface area contributed by atoms with Crippen LogP contribution in [0, 0.1) is 0 Å². The number of hydrogen-bond donors (Lipinski definition) is 0. The molecule has 0 aromatic heterocycles. The highest BCUT2D eigenvalue weighted by molar-refractivity contribution is 5.90. The first-order chi connectivity index (χ1) is 13.7. The van der Waals surface area contributed by atoms with Crippen molar-refractivity contribution in [3.63, 3.8) is 0 Å². The van der Waals surface area contributed by atoms with Gasteiger partial charge < -0.3 is 4.90 Å². The van der Waals surface area contributed by atoms with Gasteiger partial charge in [0.1, 0.15) is 5.78 Å². The van der Waals surface area contributed by atoms with E-state index in [0.29, 0.717) is 6.42 Å². The first kappa shape index (κ1) is 18.2. The lowest BCUT2D eigenvalue weighted by molar-refractivity contribution is -0.142. The monoisotopic (exact) mass is 369 g/mol. The summed E-state index contributed by atoms with van der Waals surface area (Å²) in [6.07, 6.45) is 0.326. The molecule has 0 radical (unpaired) electrons. The van der Waals surface area contributed by atoms with E-state index in [2.05, 4.69) is 0 Å². The topological polar surface area (TPSA) is 37.4 Å². The molecule has 0 unspecified atom stereocenters. The second kappa shape index (κ2) is 7.81. The van der Waals surface area contributed by atoms with E-state index in [1.54, 1.807) is 6.92 Å². The number of benzene rings is 3. The van der Waals surface area contributed by atoms with Crippen molar-refractivity contribution in [1.82, 2.24) is 4.90 Å². The van der Waals surface area contributed by atoms with Crippen molar-refractivity contribution < 1.29 is 9.59 Å². The molecule has 0 aliphatic carbocycles. The molecule has 28 heavy (non-hydrogen) atoms. The van der Waals surface area contributed by atoms with Crippen LogP contribution in [0.15, 0.2) is 91.0 Å². The molecule has 3 aromatic rings. The van der Waals surface area contributed by atoms with Gasteiger partial charge in [0.2, 0.25) is 5.91 Å². The predicted octanol–water partition coefficient (Wildman–Crippen LogP) is 5.07. The highest BCUT2D eigenvalue weighted by Crippen LogP contribution is 2.47. The second-order valence-electron chi connectivity index (χ2n) is 7.27. The van der Waals surface area contributed by atoms with Crippen molar-refractivity contribution in [2.24, 2.45) is 0 Å². The Morgan fingerprint density at radius 2 is 1.21 bits per heavy atom. The van der Waals surface area contributed by atoms with Crippen molar-refractivity contribution in [2.45, 2.75) is 31.3 Å². The van der Waals surface area contributed by atoms with Crippen LogP contribution < -0.4 is 0 Å². The summed E-state index contributed by atoms with van der Waals surface area (Å²) in [5.41, 5.74) is 2.94. The average Bonchev–Trinajstić information content (AvgIpc) is 2.74. The molecule has 4 rings (SSSR count). The summed E-state index contributed by atoms with van der Waals surface area (Å²) in [5, 5.41) is 0. The molecule has 1 aliphatic rings. The summed E-state index contributed by atoms with van der Waals surface area (Å²) in [6, 6.07) is 29.0. The van der Waals surface area contributed by atoms with E-state index in [1.165, 1.54) is 0 Å². The van der Waals surface area contributed by atoms with E-state index in [9.17, 15) is 9.59 Å². The third-order valence-electron chi connectivity index (χ3n) is 5.54. The lowest BCUT2D eigenvalue weighted by atomic mass is 9.75. The Hall–Kier alpha value is -3.20. The fourth-order valence-electron chi connectivity index (χ4n) is 4.35. The molecule has 3 nitrogen and oxygen atoms in total. The van der Waals surface area contributed by atoms with Gasteiger partial charge in [0.05, 0.1) is 18.0 Å². The zero-order valence-corrected chi connectivity index (χ0v) is 15.9. The van der Waals surface area contributed by atoms with Crippen molar-refractivity contribution in [1.29, 1.82) is 0 Å². The van der Waals surface area contributed by atoms with E-state index in [4.69, 9.17) is 0 Å². The van der Waals surface area contributed by atoms with Crippen LogP contribution in [-0.2, 0) is 9.59 Å². The van der Waals surface area contributed by atoms with Gasteiger partial charge in [0, 0.05) is 13.3 Å². The highest BCUT2D eigenvalue weighted by atomic mass is 16.2. The molecule has 0 saturated carbocycles. The normalized spacial score (nSPS) is 22.1. The smallest absolute Gasteiger partial charge is 0.220 e. The number of rotatable bonds is 3. The molecule has 1 aliphatic heterocycles. The van der Waals surface area contributed by atoms with E-state index < -0.39 is 0 Å². The van der Waals surface area contributed by atoms with Gasteiger partial charge in [-0.3, -0.25) is 9.59 Å². The number of piperidine rings is 1. The zero-order chi connectivity index (χ0) is 19.5. The Morgan fingerprint density at radius 3 is 1.71 bits per heavy atom. The molecule has 3 atom stereocenters. The number of Topliss-reactive ketones (excluding diaryl/α,β-unsaturated/α-hetero) is 1. The Balaban J connectivity index is 1.88. The quantitative estimate of drug-likeness (QED) is 0.646. The minimum absolute atomic E-state index is 0.0175. The van der Waals surface area contributed by atoms with Gasteiger partial charge in [-0.15, -0.1) is 0 Å². The van der Waals surface area contributed by atoms with E-state index >= 15 is 0 Å². The predicted molar refractivity (Wildman–Crippen MR) is 110 cm³/mol. The Labute approximate surface area is 165 Å². The molecule has 0 bridgehead atoms. The number of amides is 1. The van der Waals surface area contributed by atoms with E-state index in [1.807, 2.05) is 95.9 Å². The van der Waals surface area contributed by atoms with Gasteiger partial charge >= 0.3 is 0 Å². The maximum Gasteiger partial charge on any atom is 0.220 e. The second-order valence-corrected chi connectivity index (χ2v) is 7.27. The van der Waals surface area contributed by atoms with Crippen molar-refractivity contribution in [2.75, 3.05) is 0 Å². The minimum atomic E-state index is -0.368. The van der Waals surface area contributed by atoms with Crippen LogP contribution in [0.5, 0.6) is 0 Å². The Morgan fingerprint density at radius 1 is 0.750 bits per heavy atom. The van der Waals surface area contributed by atoms with Crippen LogP contribution in [0.25, 0.3) is 0 Å². The van der Waals surface area contributed by atoms with Crippen molar-refractivity contribution >= 4 is 11.7 Å². The Bertz CT molecular complexity index is 954. The van der Waals surface area contributed by atoms with Crippen LogP contribution in [0.4, 0.5) is 0 Å². The summed E-state index contributed by atoms with van der Waals surface area (Å²) in [4.78, 5) is 28.2. The molecule has 3 aromatic carbocycles. The van der Waals surface area contributed by atoms with Gasteiger partial charge in [-0.25, -0.2) is 0 Å². The molecule has 0 spiro atoms. The number of likely N-dealkylation sites (tertiary alicyclic amines) is 1. The van der Waals surface area contributed by atoms with Gasteiger partial charge in [-0.1, -0.05) is 91.0 Å².